The van der Waals surface area contributed by atoms with Crippen LogP contribution in [0.3, 0.4) is 0 Å². The number of nitrogens with zero attached hydrogens (tertiary/aromatic N) is 1. The van der Waals surface area contributed by atoms with Gasteiger partial charge in [-0.1, -0.05) is 54.6 Å². The van der Waals surface area contributed by atoms with E-state index in [1.807, 2.05) is 24.3 Å². The van der Waals surface area contributed by atoms with Crippen LogP contribution >= 0.6 is 12.2 Å². The summed E-state index contributed by atoms with van der Waals surface area (Å²) >= 11 is 4.56. The number of rotatable bonds is 4. The van der Waals surface area contributed by atoms with Crippen molar-refractivity contribution < 1.29 is 4.84 Å². The average molecular weight is 294 g/mol. The summed E-state index contributed by atoms with van der Waals surface area (Å²) in [5.41, 5.74) is 7.38. The van der Waals surface area contributed by atoms with Gasteiger partial charge in [0, 0.05) is 0 Å². The maximum Gasteiger partial charge on any atom is 0.126 e. The Morgan fingerprint density at radius 3 is 2.38 bits per heavy atom. The second-order valence-corrected chi connectivity index (χ2v) is 4.90. The number of isothiocyanates is 1. The highest BCUT2D eigenvalue weighted by Gasteiger charge is 2.16. The maximum absolute atomic E-state index is 5.41. The molecular weight excluding hydrogens is 280 g/mol. The molecular formula is C17H14N2OS. The Morgan fingerprint density at radius 1 is 1.00 bits per heavy atom. The summed E-state index contributed by atoms with van der Waals surface area (Å²) in [5.74, 6) is 0. The van der Waals surface area contributed by atoms with Gasteiger partial charge in [0.1, 0.15) is 6.10 Å². The average Bonchev–Trinajstić information content (AvgIpc) is 3.03. The molecule has 0 fully saturated rings. The van der Waals surface area contributed by atoms with Crippen molar-refractivity contribution in [2.75, 3.05) is 6.54 Å². The van der Waals surface area contributed by atoms with Crippen molar-refractivity contribution >= 4 is 23.1 Å². The van der Waals surface area contributed by atoms with Crippen molar-refractivity contribution in [1.82, 2.24) is 5.48 Å². The largest absolute Gasteiger partial charge is 0.267 e. The third-order valence-electron chi connectivity index (χ3n) is 3.31. The molecule has 4 heteroatoms. The molecule has 0 saturated heterocycles. The minimum absolute atomic E-state index is 0.0933. The minimum atomic E-state index is -0.0933. The molecule has 3 nitrogen and oxygen atoms in total. The topological polar surface area (TPSA) is 33.6 Å². The number of benzene rings is 2. The number of hydrogen-bond acceptors (Lipinski definition) is 4. The molecule has 2 aromatic rings. The van der Waals surface area contributed by atoms with E-state index >= 15 is 0 Å². The first-order valence-corrected chi connectivity index (χ1v) is 7.10. The number of thiocarbonyl (C=S) groups is 1. The summed E-state index contributed by atoms with van der Waals surface area (Å²) in [6.45, 7) is 0.488. The molecule has 0 radical (unpaired) electrons. The van der Waals surface area contributed by atoms with E-state index in [2.05, 4.69) is 64.2 Å². The summed E-state index contributed by atoms with van der Waals surface area (Å²) in [5, 5.41) is 2.35. The summed E-state index contributed by atoms with van der Waals surface area (Å²) in [6.07, 6.45) is 1.91. The summed E-state index contributed by atoms with van der Waals surface area (Å²) < 4.78 is 0. The molecule has 3 rings (SSSR count). The van der Waals surface area contributed by atoms with Crippen molar-refractivity contribution in [3.63, 3.8) is 0 Å². The highest BCUT2D eigenvalue weighted by atomic mass is 32.1. The van der Waals surface area contributed by atoms with Crippen LogP contribution in [0.4, 0.5) is 0 Å². The fraction of sp³-hybridized carbons (Fsp3) is 0.118. The molecule has 1 aliphatic heterocycles. The van der Waals surface area contributed by atoms with Gasteiger partial charge >= 0.3 is 0 Å². The van der Waals surface area contributed by atoms with Crippen LogP contribution in [0.15, 0.2) is 65.7 Å². The first kappa shape index (κ1) is 13.7. The van der Waals surface area contributed by atoms with E-state index in [0.29, 0.717) is 6.54 Å². The number of hydrogen-bond donors (Lipinski definition) is 1. The van der Waals surface area contributed by atoms with Gasteiger partial charge in [-0.2, -0.15) is 0 Å². The van der Waals surface area contributed by atoms with Crippen LogP contribution in [-0.4, -0.2) is 17.8 Å². The number of hydroxylamine groups is 1. The summed E-state index contributed by atoms with van der Waals surface area (Å²) in [4.78, 5) is 9.31. The smallest absolute Gasteiger partial charge is 0.126 e. The van der Waals surface area contributed by atoms with E-state index in [9.17, 15) is 0 Å². The van der Waals surface area contributed by atoms with Gasteiger partial charge in [-0.3, -0.25) is 10.3 Å². The first-order chi connectivity index (χ1) is 10.4. The lowest BCUT2D eigenvalue weighted by molar-refractivity contribution is 0.0571. The van der Waals surface area contributed by atoms with Gasteiger partial charge in [0.2, 0.25) is 0 Å². The Morgan fingerprint density at radius 2 is 1.67 bits per heavy atom. The molecule has 1 heterocycles. The molecule has 1 N–H and O–H groups in total. The highest BCUT2D eigenvalue weighted by molar-refractivity contribution is 7.78. The zero-order chi connectivity index (χ0) is 14.5. The predicted octanol–water partition coefficient (Wildman–Crippen LogP) is 3.70. The van der Waals surface area contributed by atoms with Crippen molar-refractivity contribution in [2.45, 2.75) is 6.10 Å². The Hall–Kier alpha value is -2.26. The normalized spacial score (nSPS) is 16.8. The van der Waals surface area contributed by atoms with E-state index in [4.69, 9.17) is 4.84 Å². The Kier molecular flexibility index (Phi) is 4.22. The van der Waals surface area contributed by atoms with Gasteiger partial charge in [-0.25, -0.2) is 4.99 Å². The van der Waals surface area contributed by atoms with Crippen LogP contribution in [0.2, 0.25) is 0 Å². The third-order valence-corrected chi connectivity index (χ3v) is 3.44. The van der Waals surface area contributed by atoms with Crippen molar-refractivity contribution in [3.8, 4) is 11.1 Å². The molecule has 0 aliphatic carbocycles. The van der Waals surface area contributed by atoms with Gasteiger partial charge in [0.15, 0.2) is 0 Å². The lowest BCUT2D eigenvalue weighted by Gasteiger charge is -2.06. The van der Waals surface area contributed by atoms with Gasteiger partial charge in [-0.15, -0.1) is 0 Å². The molecule has 1 unspecified atom stereocenters. The molecule has 0 amide bonds. The molecule has 2 aromatic carbocycles. The minimum Gasteiger partial charge on any atom is -0.267 e. The van der Waals surface area contributed by atoms with Crippen LogP contribution in [0.1, 0.15) is 5.56 Å². The van der Waals surface area contributed by atoms with E-state index < -0.39 is 0 Å². The van der Waals surface area contributed by atoms with E-state index in [-0.39, 0.29) is 6.10 Å². The summed E-state index contributed by atoms with van der Waals surface area (Å²) in [7, 11) is 0. The van der Waals surface area contributed by atoms with Gasteiger partial charge in [-0.05, 0) is 35.0 Å². The molecule has 1 atom stereocenters. The zero-order valence-corrected chi connectivity index (χ0v) is 12.1. The molecule has 0 aromatic heterocycles. The summed E-state index contributed by atoms with van der Waals surface area (Å²) in [6, 6.07) is 18.7. The second-order valence-electron chi connectivity index (χ2n) is 4.71. The predicted molar refractivity (Wildman–Crippen MR) is 87.8 cm³/mol. The Labute approximate surface area is 128 Å². The number of nitrogens with one attached hydrogen (secondary N) is 1. The van der Waals surface area contributed by atoms with Crippen molar-refractivity contribution in [3.05, 3.63) is 66.2 Å². The van der Waals surface area contributed by atoms with Gasteiger partial charge < -0.3 is 0 Å². The molecule has 0 saturated carbocycles. The first-order valence-electron chi connectivity index (χ1n) is 6.70. The fourth-order valence-electron chi connectivity index (χ4n) is 2.24. The molecule has 104 valence electrons. The standard InChI is InChI=1S/C17H14N2OS/c21-12-18-11-16-10-17(19-20-16)15-8-6-14(7-9-15)13-4-2-1-3-5-13/h1-10,16,19H,11H2. The number of aliphatic imine (C=N–C) groups is 1. The molecule has 21 heavy (non-hydrogen) atoms. The van der Waals surface area contributed by atoms with Gasteiger partial charge in [0.05, 0.1) is 17.4 Å². The van der Waals surface area contributed by atoms with E-state index in [1.165, 1.54) is 11.1 Å². The Bertz CT molecular complexity index is 688. The molecule has 0 bridgehead atoms. The van der Waals surface area contributed by atoms with Crippen molar-refractivity contribution in [2.24, 2.45) is 4.99 Å². The lowest BCUT2D eigenvalue weighted by Crippen LogP contribution is -2.14. The van der Waals surface area contributed by atoms with Crippen LogP contribution in [0.25, 0.3) is 16.8 Å². The van der Waals surface area contributed by atoms with Crippen LogP contribution in [0.5, 0.6) is 0 Å². The van der Waals surface area contributed by atoms with Crippen LogP contribution < -0.4 is 5.48 Å². The zero-order valence-electron chi connectivity index (χ0n) is 11.3. The monoisotopic (exact) mass is 294 g/mol. The highest BCUT2D eigenvalue weighted by Crippen LogP contribution is 2.23. The quantitative estimate of drug-likeness (QED) is 0.689. The third kappa shape index (κ3) is 3.26. The fourth-order valence-corrected chi connectivity index (χ4v) is 2.31. The SMILES string of the molecule is S=C=NCC1C=C(c2ccc(-c3ccccc3)cc2)NO1. The molecule has 0 spiro atoms. The Balaban J connectivity index is 1.77. The van der Waals surface area contributed by atoms with E-state index in [0.717, 1.165) is 11.3 Å². The lowest BCUT2D eigenvalue weighted by atomic mass is 10.0. The van der Waals surface area contributed by atoms with Gasteiger partial charge in [0.25, 0.3) is 0 Å². The van der Waals surface area contributed by atoms with Crippen LogP contribution in [0, 0.1) is 0 Å². The van der Waals surface area contributed by atoms with Crippen LogP contribution in [-0.2, 0) is 4.84 Å². The van der Waals surface area contributed by atoms with E-state index in [1.54, 1.807) is 0 Å². The second kappa shape index (κ2) is 6.46. The molecule has 1 aliphatic rings. The van der Waals surface area contributed by atoms with Crippen molar-refractivity contribution in [1.29, 1.82) is 0 Å². The maximum atomic E-state index is 5.41.